The molecule has 0 saturated carbocycles. The lowest BCUT2D eigenvalue weighted by Gasteiger charge is -2.30. The van der Waals surface area contributed by atoms with E-state index < -0.39 is 0 Å². The summed E-state index contributed by atoms with van der Waals surface area (Å²) in [7, 11) is 8.86. The molecule has 0 radical (unpaired) electrons. The molecule has 8 nitrogen and oxygen atoms in total. The van der Waals surface area contributed by atoms with E-state index in [0.29, 0.717) is 0 Å². The Balaban J connectivity index is 0.00000612. The van der Waals surface area contributed by atoms with E-state index in [2.05, 4.69) is 28.2 Å². The van der Waals surface area contributed by atoms with Crippen LogP contribution in [0.4, 0.5) is 11.4 Å². The van der Waals surface area contributed by atoms with E-state index in [0.717, 1.165) is 46.3 Å². The number of rotatable bonds is 15. The smallest absolute Gasteiger partial charge is 0.269 e. The highest BCUT2D eigenvalue weighted by Gasteiger charge is 2.18. The van der Waals surface area contributed by atoms with Gasteiger partial charge in [-0.15, -0.1) is 0 Å². The molecule has 202 valence electrons. The molecule has 0 atom stereocenters. The number of unbranched alkanes of at least 4 members (excludes halogenated alkanes) is 5. The Hall–Kier alpha value is -1.88. The number of nitro groups is 2. The fourth-order valence-corrected chi connectivity index (χ4v) is 4.38. The van der Waals surface area contributed by atoms with E-state index >= 15 is 0 Å². The van der Waals surface area contributed by atoms with Crippen LogP contribution < -0.4 is 34.0 Å². The van der Waals surface area contributed by atoms with Gasteiger partial charge in [0.25, 0.3) is 11.4 Å². The predicted molar refractivity (Wildman–Crippen MR) is 135 cm³/mol. The summed E-state index contributed by atoms with van der Waals surface area (Å²) >= 11 is 0. The van der Waals surface area contributed by atoms with Gasteiger partial charge in [-0.2, -0.15) is 0 Å². The average molecular weight is 632 g/mol. The van der Waals surface area contributed by atoms with Gasteiger partial charge in [-0.25, -0.2) is 0 Å². The summed E-state index contributed by atoms with van der Waals surface area (Å²) in [6, 6.07) is 13.8. The summed E-state index contributed by atoms with van der Waals surface area (Å²) in [5, 5.41) is 21.6. The zero-order chi connectivity index (χ0) is 25.2. The third-order valence-corrected chi connectivity index (χ3v) is 6.29. The van der Waals surface area contributed by atoms with Crippen molar-refractivity contribution >= 4 is 11.4 Å². The molecule has 0 saturated heterocycles. The summed E-state index contributed by atoms with van der Waals surface area (Å²) in [6.07, 6.45) is 7.30. The van der Waals surface area contributed by atoms with Crippen LogP contribution in [0.25, 0.3) is 0 Å². The Bertz CT molecular complexity index is 858. The van der Waals surface area contributed by atoms with Gasteiger partial charge >= 0.3 is 0 Å². The molecule has 0 spiro atoms. The molecule has 2 aromatic carbocycles. The molecule has 2 rings (SSSR count). The second-order valence-electron chi connectivity index (χ2n) is 10.6. The maximum absolute atomic E-state index is 10.8. The van der Waals surface area contributed by atoms with Gasteiger partial charge < -0.3 is 42.9 Å². The highest BCUT2D eigenvalue weighted by Crippen LogP contribution is 2.18. The van der Waals surface area contributed by atoms with Gasteiger partial charge in [-0.05, 0) is 49.9 Å². The number of hydrogen-bond acceptors (Lipinski definition) is 4. The van der Waals surface area contributed by atoms with Gasteiger partial charge in [-0.3, -0.25) is 20.2 Å². The van der Waals surface area contributed by atoms with Crippen molar-refractivity contribution in [3.63, 3.8) is 0 Å². The number of benzene rings is 2. The van der Waals surface area contributed by atoms with Crippen molar-refractivity contribution in [1.29, 1.82) is 0 Å². The zero-order valence-electron chi connectivity index (χ0n) is 21.9. The Morgan fingerprint density at radius 2 is 0.833 bits per heavy atom. The fraction of sp³-hybridized carbons (Fsp3) is 0.538. The monoisotopic (exact) mass is 630 g/mol. The standard InChI is InChI=1S/C26H40N4O4.2BrH/c1-29(2,21-23-11-15-25(16-12-23)27(31)32)19-9-7-5-6-8-10-20-30(3,4)22-24-13-17-26(18-14-24)28(33)34;;/h11-18H,5-10,19-22H2,1-4H3;2*1H/q+2;;/p-2. The van der Waals surface area contributed by atoms with Crippen LogP contribution in [0.5, 0.6) is 0 Å². The van der Waals surface area contributed by atoms with Gasteiger partial charge in [0.1, 0.15) is 13.1 Å². The Morgan fingerprint density at radius 1 is 0.556 bits per heavy atom. The maximum atomic E-state index is 10.8. The highest BCUT2D eigenvalue weighted by atomic mass is 79.9. The van der Waals surface area contributed by atoms with Crippen molar-refractivity contribution in [2.75, 3.05) is 41.3 Å². The van der Waals surface area contributed by atoms with Gasteiger partial charge in [0.2, 0.25) is 0 Å². The fourth-order valence-electron chi connectivity index (χ4n) is 4.38. The lowest BCUT2D eigenvalue weighted by molar-refractivity contribution is -0.903. The molecule has 0 heterocycles. The highest BCUT2D eigenvalue weighted by molar-refractivity contribution is 5.33. The van der Waals surface area contributed by atoms with Crippen LogP contribution in [-0.2, 0) is 13.1 Å². The van der Waals surface area contributed by atoms with Crippen LogP contribution in [0.15, 0.2) is 48.5 Å². The zero-order valence-corrected chi connectivity index (χ0v) is 25.0. The van der Waals surface area contributed by atoms with E-state index in [4.69, 9.17) is 0 Å². The maximum Gasteiger partial charge on any atom is 0.269 e. The van der Waals surface area contributed by atoms with E-state index in [1.54, 1.807) is 24.3 Å². The van der Waals surface area contributed by atoms with Gasteiger partial charge in [0, 0.05) is 35.4 Å². The Kier molecular flexibility index (Phi) is 15.2. The summed E-state index contributed by atoms with van der Waals surface area (Å²) < 4.78 is 1.76. The molecule has 36 heavy (non-hydrogen) atoms. The summed E-state index contributed by atoms with van der Waals surface area (Å²) in [5.41, 5.74) is 2.54. The Labute approximate surface area is 236 Å². The first-order chi connectivity index (χ1) is 16.0. The first-order valence-electron chi connectivity index (χ1n) is 12.1. The molecular formula is C26H40Br2N4O4. The topological polar surface area (TPSA) is 86.3 Å². The van der Waals surface area contributed by atoms with Crippen molar-refractivity contribution in [2.24, 2.45) is 0 Å². The number of nitro benzene ring substituents is 2. The van der Waals surface area contributed by atoms with Crippen molar-refractivity contribution in [3.05, 3.63) is 79.9 Å². The van der Waals surface area contributed by atoms with Crippen LogP contribution in [0, 0.1) is 20.2 Å². The summed E-state index contributed by atoms with van der Waals surface area (Å²) in [5.74, 6) is 0. The minimum atomic E-state index is -0.358. The number of quaternary nitrogens is 2. The number of hydrogen-bond donors (Lipinski definition) is 0. The molecule has 0 bridgehead atoms. The van der Waals surface area contributed by atoms with E-state index in [1.807, 2.05) is 24.3 Å². The SMILES string of the molecule is C[N+](C)(CCCCCCCC[N+](C)(C)Cc1ccc([N+](=O)[O-])cc1)Cc1ccc([N+](=O)[O-])cc1.[Br-].[Br-]. The third kappa shape index (κ3) is 12.9. The lowest BCUT2D eigenvalue weighted by atomic mass is 10.1. The van der Waals surface area contributed by atoms with Crippen molar-refractivity contribution < 1.29 is 52.8 Å². The van der Waals surface area contributed by atoms with Gasteiger partial charge in [0.15, 0.2) is 0 Å². The predicted octanol–water partition coefficient (Wildman–Crippen LogP) is -0.295. The van der Waals surface area contributed by atoms with Crippen LogP contribution >= 0.6 is 0 Å². The molecule has 0 aliphatic carbocycles. The quantitative estimate of drug-likeness (QED) is 0.117. The second-order valence-corrected chi connectivity index (χ2v) is 10.6. The molecule has 0 aliphatic rings. The molecule has 10 heteroatoms. The number of nitrogens with zero attached hydrogens (tertiary/aromatic N) is 4. The van der Waals surface area contributed by atoms with Crippen molar-refractivity contribution in [3.8, 4) is 0 Å². The molecule has 2 aromatic rings. The Morgan fingerprint density at radius 3 is 1.11 bits per heavy atom. The number of non-ortho nitro benzene ring substituents is 2. The summed E-state index contributed by atoms with van der Waals surface area (Å²) in [6.45, 7) is 3.94. The molecule has 0 amide bonds. The van der Waals surface area contributed by atoms with Crippen LogP contribution in [-0.4, -0.2) is 60.1 Å². The molecule has 0 fully saturated rings. The van der Waals surface area contributed by atoms with Crippen LogP contribution in [0.3, 0.4) is 0 Å². The third-order valence-electron chi connectivity index (χ3n) is 6.29. The van der Waals surface area contributed by atoms with E-state index in [9.17, 15) is 20.2 Å². The van der Waals surface area contributed by atoms with Gasteiger partial charge in [0.05, 0.1) is 51.1 Å². The molecule has 0 aliphatic heterocycles. The normalized spacial score (nSPS) is 11.3. The van der Waals surface area contributed by atoms with Crippen LogP contribution in [0.1, 0.15) is 49.7 Å². The first-order valence-corrected chi connectivity index (χ1v) is 12.1. The van der Waals surface area contributed by atoms with Crippen molar-refractivity contribution in [2.45, 2.75) is 51.6 Å². The average Bonchev–Trinajstić information content (AvgIpc) is 2.75. The molecule has 0 unspecified atom stereocenters. The summed E-state index contributed by atoms with van der Waals surface area (Å²) in [4.78, 5) is 20.9. The lowest BCUT2D eigenvalue weighted by Crippen LogP contribution is -3.00. The van der Waals surface area contributed by atoms with Crippen LogP contribution in [0.2, 0.25) is 0 Å². The van der Waals surface area contributed by atoms with E-state index in [1.165, 1.54) is 38.5 Å². The minimum Gasteiger partial charge on any atom is -1.00 e. The van der Waals surface area contributed by atoms with Gasteiger partial charge in [-0.1, -0.05) is 12.8 Å². The molecule has 0 N–H and O–H groups in total. The first kappa shape index (κ1) is 34.1. The molecule has 0 aromatic heterocycles. The van der Waals surface area contributed by atoms with E-state index in [-0.39, 0.29) is 55.2 Å². The number of halogens is 2. The molecular weight excluding hydrogens is 592 g/mol. The second kappa shape index (κ2) is 16.1. The van der Waals surface area contributed by atoms with Crippen molar-refractivity contribution in [1.82, 2.24) is 0 Å². The minimum absolute atomic E-state index is 0. The largest absolute Gasteiger partial charge is 1.00 e.